The Morgan fingerprint density at radius 3 is 2.69 bits per heavy atom. The van der Waals surface area contributed by atoms with Crippen molar-refractivity contribution in [2.45, 2.75) is 11.8 Å². The van der Waals surface area contributed by atoms with Gasteiger partial charge in [0.1, 0.15) is 0 Å². The van der Waals surface area contributed by atoms with Crippen LogP contribution in [0.25, 0.3) is 0 Å². The minimum atomic E-state index is -2.80. The molecule has 3 nitrogen and oxygen atoms in total. The Labute approximate surface area is 87.1 Å². The second-order valence-corrected chi connectivity index (χ2v) is 6.87. The molecular formula is C7H11N2OPS2. The highest BCUT2D eigenvalue weighted by Crippen LogP contribution is 2.32. The van der Waals surface area contributed by atoms with Crippen molar-refractivity contribution in [3.8, 4) is 0 Å². The zero-order chi connectivity index (χ0) is 9.90. The van der Waals surface area contributed by atoms with Gasteiger partial charge in [-0.3, -0.25) is 5.50 Å². The van der Waals surface area contributed by atoms with Crippen molar-refractivity contribution in [2.24, 2.45) is 5.50 Å². The van der Waals surface area contributed by atoms with E-state index in [1.807, 2.05) is 31.2 Å². The molecule has 72 valence electrons. The summed E-state index contributed by atoms with van der Waals surface area (Å²) in [5.74, 6) is 0. The van der Waals surface area contributed by atoms with E-state index in [9.17, 15) is 0 Å². The van der Waals surface area contributed by atoms with E-state index in [-0.39, 0.29) is 0 Å². The minimum Gasteiger partial charge on any atom is -0.342 e. The lowest BCUT2D eigenvalue weighted by atomic mass is 10.2. The summed E-state index contributed by atoms with van der Waals surface area (Å²) >= 11 is 5.91. The summed E-state index contributed by atoms with van der Waals surface area (Å²) in [5, 5.41) is 0. The Hall–Kier alpha value is 0.1000. The molecule has 0 radical (unpaired) electrons. The number of rotatable bonds is 3. The van der Waals surface area contributed by atoms with Crippen LogP contribution in [0.3, 0.4) is 0 Å². The van der Waals surface area contributed by atoms with Crippen molar-refractivity contribution in [3.05, 3.63) is 29.8 Å². The Morgan fingerprint density at radius 2 is 2.15 bits per heavy atom. The van der Waals surface area contributed by atoms with Crippen LogP contribution in [0.2, 0.25) is 0 Å². The van der Waals surface area contributed by atoms with Crippen molar-refractivity contribution >= 4 is 30.3 Å². The number of nitrogens with two attached hydrogens (primary N) is 1. The summed E-state index contributed by atoms with van der Waals surface area (Å²) in [5.41, 5.74) is 6.41. The fourth-order valence-corrected chi connectivity index (χ4v) is 2.41. The van der Waals surface area contributed by atoms with Crippen LogP contribution in [0.15, 0.2) is 29.2 Å². The fraction of sp³-hybridized carbons (Fsp3) is 0.143. The molecule has 0 saturated heterocycles. The van der Waals surface area contributed by atoms with Crippen LogP contribution >= 0.6 is 18.5 Å². The molecule has 0 amide bonds. The lowest BCUT2D eigenvalue weighted by Gasteiger charge is -2.10. The quantitative estimate of drug-likeness (QED) is 0.549. The number of hydrogen-bond donors (Lipinski definition) is 3. The first-order valence-electron chi connectivity index (χ1n) is 3.60. The van der Waals surface area contributed by atoms with Gasteiger partial charge >= 0.3 is 0 Å². The number of benzene rings is 1. The van der Waals surface area contributed by atoms with Crippen LogP contribution in [0.5, 0.6) is 0 Å². The van der Waals surface area contributed by atoms with Crippen molar-refractivity contribution in [1.29, 1.82) is 0 Å². The average Bonchev–Trinajstić information content (AvgIpc) is 2.01. The lowest BCUT2D eigenvalue weighted by molar-refractivity contribution is 0.620. The molecule has 1 atom stereocenters. The fourth-order valence-electron chi connectivity index (χ4n) is 0.786. The molecular weight excluding hydrogens is 223 g/mol. The van der Waals surface area contributed by atoms with Gasteiger partial charge in [0, 0.05) is 4.90 Å². The smallest absolute Gasteiger partial charge is 0.202 e. The van der Waals surface area contributed by atoms with Gasteiger partial charge in [-0.15, -0.1) is 0 Å². The molecule has 0 saturated carbocycles. The van der Waals surface area contributed by atoms with Gasteiger partial charge in [-0.1, -0.05) is 18.2 Å². The molecule has 1 unspecified atom stereocenters. The summed E-state index contributed by atoms with van der Waals surface area (Å²) in [6.07, 6.45) is 0. The van der Waals surface area contributed by atoms with E-state index < -0.39 is 6.57 Å². The second kappa shape index (κ2) is 4.55. The molecule has 4 N–H and O–H groups in total. The van der Waals surface area contributed by atoms with Gasteiger partial charge in [0.15, 0.2) is 0 Å². The predicted molar refractivity (Wildman–Crippen MR) is 60.9 cm³/mol. The Bertz CT molecular complexity index is 339. The largest absolute Gasteiger partial charge is 0.342 e. The first-order chi connectivity index (χ1) is 5.99. The monoisotopic (exact) mass is 234 g/mol. The van der Waals surface area contributed by atoms with E-state index in [0.29, 0.717) is 0 Å². The second-order valence-electron chi connectivity index (χ2n) is 2.58. The highest BCUT2D eigenvalue weighted by molar-refractivity contribution is 8.16. The molecule has 0 aliphatic carbocycles. The third kappa shape index (κ3) is 4.22. The van der Waals surface area contributed by atoms with Crippen LogP contribution in [-0.4, -0.2) is 4.89 Å². The van der Waals surface area contributed by atoms with E-state index in [4.69, 9.17) is 10.4 Å². The molecule has 13 heavy (non-hydrogen) atoms. The van der Waals surface area contributed by atoms with Crippen molar-refractivity contribution < 1.29 is 4.89 Å². The van der Waals surface area contributed by atoms with Crippen LogP contribution < -0.4 is 10.00 Å². The van der Waals surface area contributed by atoms with Crippen LogP contribution in [0, 0.1) is 6.92 Å². The maximum absolute atomic E-state index is 9.14. The molecule has 0 bridgehead atoms. The third-order valence-corrected chi connectivity index (χ3v) is 4.14. The van der Waals surface area contributed by atoms with E-state index in [2.05, 4.69) is 16.3 Å². The zero-order valence-electron chi connectivity index (χ0n) is 7.10. The predicted octanol–water partition coefficient (Wildman–Crippen LogP) is 1.77. The highest BCUT2D eigenvalue weighted by Gasteiger charge is 2.05. The van der Waals surface area contributed by atoms with Crippen molar-refractivity contribution in [3.63, 3.8) is 0 Å². The Balaban J connectivity index is 2.65. The van der Waals surface area contributed by atoms with E-state index in [1.54, 1.807) is 0 Å². The van der Waals surface area contributed by atoms with E-state index in [0.717, 1.165) is 10.5 Å². The maximum atomic E-state index is 9.14. The van der Waals surface area contributed by atoms with Crippen molar-refractivity contribution in [2.75, 3.05) is 0 Å². The average molecular weight is 234 g/mol. The molecule has 0 aliphatic heterocycles. The highest BCUT2D eigenvalue weighted by atomic mass is 32.5. The van der Waals surface area contributed by atoms with Gasteiger partial charge in [0.25, 0.3) is 0 Å². The van der Waals surface area contributed by atoms with Gasteiger partial charge in [0.2, 0.25) is 6.57 Å². The molecule has 1 aromatic rings. The number of hydrogen-bond acceptors (Lipinski definition) is 2. The third-order valence-electron chi connectivity index (χ3n) is 1.38. The van der Waals surface area contributed by atoms with Gasteiger partial charge in [-0.05, 0) is 42.3 Å². The van der Waals surface area contributed by atoms with E-state index in [1.165, 1.54) is 11.9 Å². The van der Waals surface area contributed by atoms with Crippen LogP contribution in [-0.2, 0) is 11.8 Å². The number of aryl methyl sites for hydroxylation is 1. The number of nitrogens with one attached hydrogen (secondary N) is 1. The molecule has 0 spiro atoms. The summed E-state index contributed by atoms with van der Waals surface area (Å²) in [6.45, 7) is -0.817. The first kappa shape index (κ1) is 11.2. The summed E-state index contributed by atoms with van der Waals surface area (Å²) in [4.78, 5) is 10.2. The van der Waals surface area contributed by atoms with Gasteiger partial charge in [-0.2, -0.15) is 4.49 Å². The molecule has 0 heterocycles. The molecule has 1 rings (SSSR count). The summed E-state index contributed by atoms with van der Waals surface area (Å²) in [7, 11) is 0. The standard InChI is InChI=1S/C7H11N2OPS2/c1-6-4-2-3-5-7(6)13-9-11(8,10)12/h2-5H,1H3,(H4,8,9,10,12). The summed E-state index contributed by atoms with van der Waals surface area (Å²) in [6, 6.07) is 7.81. The maximum Gasteiger partial charge on any atom is 0.202 e. The van der Waals surface area contributed by atoms with Gasteiger partial charge < -0.3 is 4.89 Å². The minimum absolute atomic E-state index is 1.02. The molecule has 0 aliphatic rings. The Morgan fingerprint density at radius 1 is 1.54 bits per heavy atom. The van der Waals surface area contributed by atoms with Gasteiger partial charge in [0.05, 0.1) is 0 Å². The normalized spacial score (nSPS) is 15.3. The first-order valence-corrected chi connectivity index (χ1v) is 7.24. The van der Waals surface area contributed by atoms with Crippen LogP contribution in [0.1, 0.15) is 5.56 Å². The molecule has 0 aromatic heterocycles. The lowest BCUT2D eigenvalue weighted by Crippen LogP contribution is -2.07. The summed E-state index contributed by atoms with van der Waals surface area (Å²) < 4.78 is 2.65. The molecule has 6 heteroatoms. The topological polar surface area (TPSA) is 58.3 Å². The SMILES string of the molecule is Cc1ccccc1SNP(N)(O)=S. The van der Waals surface area contributed by atoms with Crippen molar-refractivity contribution in [1.82, 2.24) is 4.49 Å². The van der Waals surface area contributed by atoms with Gasteiger partial charge in [-0.25, -0.2) is 0 Å². The van der Waals surface area contributed by atoms with Crippen LogP contribution in [0.4, 0.5) is 0 Å². The molecule has 0 fully saturated rings. The zero-order valence-corrected chi connectivity index (χ0v) is 9.63. The van der Waals surface area contributed by atoms with E-state index >= 15 is 0 Å². The Kier molecular flexibility index (Phi) is 3.91. The molecule has 1 aromatic carbocycles.